The summed E-state index contributed by atoms with van der Waals surface area (Å²) in [5.74, 6) is 2.20. The average molecular weight is 328 g/mol. The number of hydrogen-bond donors (Lipinski definition) is 1. The summed E-state index contributed by atoms with van der Waals surface area (Å²) in [6.45, 7) is 9.39. The van der Waals surface area contributed by atoms with Gasteiger partial charge >= 0.3 is 5.97 Å². The van der Waals surface area contributed by atoms with Crippen LogP contribution in [0.2, 0.25) is 0 Å². The van der Waals surface area contributed by atoms with Gasteiger partial charge in [-0.3, -0.25) is 9.59 Å². The van der Waals surface area contributed by atoms with E-state index < -0.39 is 5.56 Å². The highest BCUT2D eigenvalue weighted by atomic mass is 16.5. The molecule has 0 amide bonds. The van der Waals surface area contributed by atoms with Crippen LogP contribution in [0.1, 0.15) is 56.0 Å². The normalized spacial score (nSPS) is 12.1. The van der Waals surface area contributed by atoms with E-state index in [1.807, 2.05) is 26.8 Å². The molecule has 0 fully saturated rings. The van der Waals surface area contributed by atoms with Crippen LogP contribution in [0.25, 0.3) is 0 Å². The zero-order chi connectivity index (χ0) is 18.5. The van der Waals surface area contributed by atoms with Gasteiger partial charge in [-0.1, -0.05) is 20.8 Å². The highest BCUT2D eigenvalue weighted by Gasteiger charge is 2.27. The van der Waals surface area contributed by atoms with Crippen molar-refractivity contribution in [2.45, 2.75) is 60.0 Å². The second-order valence-electron chi connectivity index (χ2n) is 6.92. The number of aromatic amines is 1. The van der Waals surface area contributed by atoms with Gasteiger partial charge in [-0.15, -0.1) is 12.3 Å². The van der Waals surface area contributed by atoms with Gasteiger partial charge < -0.3 is 9.72 Å². The molecule has 0 aliphatic heterocycles. The topological polar surface area (TPSA) is 83.0 Å². The lowest BCUT2D eigenvalue weighted by atomic mass is 9.87. The van der Waals surface area contributed by atoms with Crippen molar-refractivity contribution in [2.75, 3.05) is 0 Å². The minimum atomic E-state index is -0.402. The van der Waals surface area contributed by atoms with Gasteiger partial charge in [0.2, 0.25) is 0 Å². The van der Waals surface area contributed by atoms with Crippen molar-refractivity contribution in [1.29, 1.82) is 5.26 Å². The Bertz CT molecular complexity index is 755. The monoisotopic (exact) mass is 328 g/mol. The Morgan fingerprint density at radius 3 is 2.50 bits per heavy atom. The minimum absolute atomic E-state index is 0.0869. The molecule has 128 valence electrons. The number of terminal acetylenes is 1. The molecule has 1 aromatic rings. The van der Waals surface area contributed by atoms with Crippen molar-refractivity contribution < 1.29 is 9.53 Å². The molecule has 0 aliphatic carbocycles. The first kappa shape index (κ1) is 19.5. The number of pyridine rings is 1. The number of esters is 1. The summed E-state index contributed by atoms with van der Waals surface area (Å²) in [6, 6.07) is 1.91. The first-order valence-electron chi connectivity index (χ1n) is 7.87. The van der Waals surface area contributed by atoms with Crippen LogP contribution in [-0.4, -0.2) is 17.1 Å². The van der Waals surface area contributed by atoms with E-state index in [0.29, 0.717) is 24.1 Å². The van der Waals surface area contributed by atoms with Crippen LogP contribution in [0.3, 0.4) is 0 Å². The minimum Gasteiger partial charge on any atom is -0.461 e. The van der Waals surface area contributed by atoms with E-state index >= 15 is 0 Å². The molecule has 1 N–H and O–H groups in total. The van der Waals surface area contributed by atoms with E-state index in [-0.39, 0.29) is 29.5 Å². The number of carbonyl (C=O) groups excluding carboxylic acids is 1. The molecule has 1 aromatic heterocycles. The number of rotatable bonds is 5. The van der Waals surface area contributed by atoms with Crippen LogP contribution >= 0.6 is 0 Å². The molecule has 0 aromatic carbocycles. The summed E-state index contributed by atoms with van der Waals surface area (Å²) in [5.41, 5.74) is 1.53. The van der Waals surface area contributed by atoms with Crippen LogP contribution in [0.4, 0.5) is 0 Å². The molecule has 5 heteroatoms. The van der Waals surface area contributed by atoms with Crippen molar-refractivity contribution in [2.24, 2.45) is 5.41 Å². The third-order valence-corrected chi connectivity index (χ3v) is 4.04. The Hall–Kier alpha value is -2.53. The number of nitriles is 1. The van der Waals surface area contributed by atoms with Gasteiger partial charge in [0, 0.05) is 18.5 Å². The molecule has 0 bridgehead atoms. The van der Waals surface area contributed by atoms with Crippen LogP contribution in [-0.2, 0) is 16.0 Å². The van der Waals surface area contributed by atoms with E-state index in [0.717, 1.165) is 5.56 Å². The summed E-state index contributed by atoms with van der Waals surface area (Å²) in [5, 5.41) is 9.08. The zero-order valence-corrected chi connectivity index (χ0v) is 14.9. The van der Waals surface area contributed by atoms with E-state index in [4.69, 9.17) is 16.4 Å². The van der Waals surface area contributed by atoms with Crippen LogP contribution in [0.15, 0.2) is 4.79 Å². The maximum atomic E-state index is 12.2. The van der Waals surface area contributed by atoms with Crippen molar-refractivity contribution >= 4 is 5.97 Å². The SMILES string of the molecule is C#CCC(OC(=O)CCc1c(C)[nH]c(=O)c(C#N)c1C)C(C)(C)C. The molecule has 1 unspecified atom stereocenters. The van der Waals surface area contributed by atoms with Crippen molar-refractivity contribution in [3.8, 4) is 18.4 Å². The molecular weight excluding hydrogens is 304 g/mol. The first-order valence-corrected chi connectivity index (χ1v) is 7.87. The fourth-order valence-electron chi connectivity index (χ4n) is 2.50. The molecule has 0 radical (unpaired) electrons. The van der Waals surface area contributed by atoms with E-state index in [1.54, 1.807) is 13.8 Å². The summed E-state index contributed by atoms with van der Waals surface area (Å²) in [7, 11) is 0. The lowest BCUT2D eigenvalue weighted by Crippen LogP contribution is -2.31. The van der Waals surface area contributed by atoms with Gasteiger partial charge in [0.05, 0.1) is 0 Å². The quantitative estimate of drug-likeness (QED) is 0.665. The predicted molar refractivity (Wildman–Crippen MR) is 92.4 cm³/mol. The van der Waals surface area contributed by atoms with E-state index in [9.17, 15) is 9.59 Å². The fourth-order valence-corrected chi connectivity index (χ4v) is 2.50. The number of aromatic nitrogens is 1. The molecular formula is C19H24N2O3. The van der Waals surface area contributed by atoms with Gasteiger partial charge in [-0.05, 0) is 36.8 Å². The highest BCUT2D eigenvalue weighted by Crippen LogP contribution is 2.25. The highest BCUT2D eigenvalue weighted by molar-refractivity contribution is 5.70. The summed E-state index contributed by atoms with van der Waals surface area (Å²) >= 11 is 0. The van der Waals surface area contributed by atoms with Gasteiger partial charge in [-0.2, -0.15) is 5.26 Å². The molecule has 24 heavy (non-hydrogen) atoms. The number of hydrogen-bond acceptors (Lipinski definition) is 4. The third-order valence-electron chi connectivity index (χ3n) is 4.04. The van der Waals surface area contributed by atoms with Gasteiger partial charge in [-0.25, -0.2) is 0 Å². The average Bonchev–Trinajstić information content (AvgIpc) is 2.45. The van der Waals surface area contributed by atoms with Crippen molar-refractivity contribution in [3.63, 3.8) is 0 Å². The smallest absolute Gasteiger partial charge is 0.306 e. The molecule has 0 aliphatic rings. The van der Waals surface area contributed by atoms with Crippen LogP contribution in [0, 0.1) is 42.9 Å². The standard InChI is InChI=1S/C19H24N2O3/c1-7-8-16(19(4,5)6)24-17(22)10-9-14-12(2)15(11-20)18(23)21-13(14)3/h1,16H,8-10H2,2-6H3,(H,21,23). The predicted octanol–water partition coefficient (Wildman–Crippen LogP) is 2.78. The number of carbonyl (C=O) groups is 1. The molecule has 1 atom stereocenters. The number of ether oxygens (including phenoxy) is 1. The maximum Gasteiger partial charge on any atom is 0.306 e. The van der Waals surface area contributed by atoms with Gasteiger partial charge in [0.15, 0.2) is 0 Å². The fraction of sp³-hybridized carbons (Fsp3) is 0.526. The molecule has 0 saturated heterocycles. The molecule has 1 heterocycles. The van der Waals surface area contributed by atoms with Gasteiger partial charge in [0.1, 0.15) is 17.7 Å². The largest absolute Gasteiger partial charge is 0.461 e. The second kappa shape index (κ2) is 7.84. The Kier molecular flexibility index (Phi) is 6.37. The lowest BCUT2D eigenvalue weighted by Gasteiger charge is -2.29. The number of nitrogens with one attached hydrogen (secondary N) is 1. The number of H-pyrrole nitrogens is 1. The Morgan fingerprint density at radius 2 is 2.00 bits per heavy atom. The molecule has 5 nitrogen and oxygen atoms in total. The third kappa shape index (κ3) is 4.73. The van der Waals surface area contributed by atoms with Crippen molar-refractivity contribution in [3.05, 3.63) is 32.7 Å². The van der Waals surface area contributed by atoms with Gasteiger partial charge in [0.25, 0.3) is 5.56 Å². The zero-order valence-electron chi connectivity index (χ0n) is 14.9. The van der Waals surface area contributed by atoms with Crippen molar-refractivity contribution in [1.82, 2.24) is 4.98 Å². The van der Waals surface area contributed by atoms with Crippen LogP contribution < -0.4 is 5.56 Å². The second-order valence-corrected chi connectivity index (χ2v) is 6.92. The summed E-state index contributed by atoms with van der Waals surface area (Å²) in [6.07, 6.45) is 5.93. The molecule has 1 rings (SSSR count). The molecule has 0 spiro atoms. The number of nitrogens with zero attached hydrogens (tertiary/aromatic N) is 1. The Balaban J connectivity index is 2.87. The van der Waals surface area contributed by atoms with E-state index in [1.165, 1.54) is 0 Å². The Labute approximate surface area is 143 Å². The first-order chi connectivity index (χ1) is 11.1. The lowest BCUT2D eigenvalue weighted by molar-refractivity contribution is -0.154. The summed E-state index contributed by atoms with van der Waals surface area (Å²) in [4.78, 5) is 26.5. The number of aryl methyl sites for hydroxylation is 1. The molecule has 0 saturated carbocycles. The maximum absolute atomic E-state index is 12.2. The Morgan fingerprint density at radius 1 is 1.38 bits per heavy atom. The van der Waals surface area contributed by atoms with Crippen LogP contribution in [0.5, 0.6) is 0 Å². The van der Waals surface area contributed by atoms with E-state index in [2.05, 4.69) is 10.9 Å². The summed E-state index contributed by atoms with van der Waals surface area (Å²) < 4.78 is 5.52.